The molecule has 0 N–H and O–H groups in total. The molecule has 1 aromatic carbocycles. The fourth-order valence-electron chi connectivity index (χ4n) is 2.39. The van der Waals surface area contributed by atoms with E-state index in [0.717, 1.165) is 12.5 Å². The summed E-state index contributed by atoms with van der Waals surface area (Å²) in [6.07, 6.45) is 4.06. The molecule has 0 aromatic heterocycles. The summed E-state index contributed by atoms with van der Waals surface area (Å²) in [6.45, 7) is 2.37. The number of likely N-dealkylation sites (N-methyl/N-ethyl adjacent to an activating group) is 1. The molecule has 0 radical (unpaired) electrons. The van der Waals surface area contributed by atoms with Gasteiger partial charge in [-0.15, -0.1) is 0 Å². The van der Waals surface area contributed by atoms with Crippen LogP contribution < -0.4 is 0 Å². The maximum absolute atomic E-state index is 2.45. The van der Waals surface area contributed by atoms with Crippen LogP contribution in [0.1, 0.15) is 35.4 Å². The molecule has 1 aromatic rings. The van der Waals surface area contributed by atoms with Crippen molar-refractivity contribution in [2.24, 2.45) is 0 Å². The van der Waals surface area contributed by atoms with Crippen LogP contribution in [0.3, 0.4) is 0 Å². The van der Waals surface area contributed by atoms with Gasteiger partial charge >= 0.3 is 0 Å². The molecule has 1 fully saturated rings. The molecule has 0 atom stereocenters. The van der Waals surface area contributed by atoms with Crippen LogP contribution in [0.2, 0.25) is 0 Å². The van der Waals surface area contributed by atoms with E-state index < -0.39 is 0 Å². The van der Waals surface area contributed by atoms with Gasteiger partial charge in [0.25, 0.3) is 0 Å². The number of benzene rings is 1. The Kier molecular flexibility index (Phi) is 1.88. The first-order chi connectivity index (χ1) is 6.83. The van der Waals surface area contributed by atoms with Gasteiger partial charge in [0.1, 0.15) is 0 Å². The van der Waals surface area contributed by atoms with Crippen LogP contribution in [-0.2, 0) is 13.0 Å². The average Bonchev–Trinajstić information content (AvgIpc) is 3.00. The Morgan fingerprint density at radius 2 is 2.07 bits per heavy atom. The molecule has 0 bridgehead atoms. The Hall–Kier alpha value is -0.820. The van der Waals surface area contributed by atoms with E-state index in [4.69, 9.17) is 0 Å². The van der Waals surface area contributed by atoms with Gasteiger partial charge in [0.2, 0.25) is 0 Å². The fourth-order valence-corrected chi connectivity index (χ4v) is 2.39. The second-order valence-electron chi connectivity index (χ2n) is 4.79. The molecular weight excluding hydrogens is 170 g/mol. The van der Waals surface area contributed by atoms with E-state index in [1.165, 1.54) is 25.8 Å². The molecule has 1 nitrogen and oxygen atoms in total. The first-order valence-electron chi connectivity index (χ1n) is 5.63. The van der Waals surface area contributed by atoms with Crippen molar-refractivity contribution in [2.75, 3.05) is 13.6 Å². The Morgan fingerprint density at radius 1 is 1.21 bits per heavy atom. The zero-order valence-electron chi connectivity index (χ0n) is 8.79. The molecule has 0 unspecified atom stereocenters. The Bertz CT molecular complexity index is 352. The van der Waals surface area contributed by atoms with Crippen LogP contribution in [0.15, 0.2) is 18.2 Å². The molecule has 2 aliphatic rings. The fraction of sp³-hybridized carbons (Fsp3) is 0.538. The topological polar surface area (TPSA) is 3.24 Å². The summed E-state index contributed by atoms with van der Waals surface area (Å²) in [7, 11) is 2.22. The molecule has 1 heterocycles. The lowest BCUT2D eigenvalue weighted by Gasteiger charge is -2.25. The van der Waals surface area contributed by atoms with Gasteiger partial charge in [-0.1, -0.05) is 18.2 Å². The second kappa shape index (κ2) is 3.09. The Balaban J connectivity index is 1.95. The van der Waals surface area contributed by atoms with Crippen molar-refractivity contribution in [3.8, 4) is 0 Å². The molecule has 3 rings (SSSR count). The summed E-state index contributed by atoms with van der Waals surface area (Å²) in [6, 6.07) is 7.15. The van der Waals surface area contributed by atoms with E-state index in [-0.39, 0.29) is 0 Å². The molecule has 0 spiro atoms. The third-order valence-electron chi connectivity index (χ3n) is 3.48. The highest BCUT2D eigenvalue weighted by Gasteiger charge is 2.24. The highest BCUT2D eigenvalue weighted by molar-refractivity contribution is 5.36. The van der Waals surface area contributed by atoms with Crippen LogP contribution >= 0.6 is 0 Å². The van der Waals surface area contributed by atoms with Crippen LogP contribution in [0, 0.1) is 0 Å². The van der Waals surface area contributed by atoms with Crippen molar-refractivity contribution in [3.05, 3.63) is 34.9 Å². The summed E-state index contributed by atoms with van der Waals surface area (Å²) in [5.41, 5.74) is 4.73. The lowest BCUT2D eigenvalue weighted by atomic mass is 9.96. The highest BCUT2D eigenvalue weighted by atomic mass is 15.1. The number of rotatable bonds is 1. The zero-order chi connectivity index (χ0) is 9.54. The standard InChI is InChI=1S/C13H17N/c1-14-7-6-11-4-5-12(10-2-3-10)8-13(11)9-14/h4-5,8,10H,2-3,6-7,9H2,1H3. The molecule has 14 heavy (non-hydrogen) atoms. The summed E-state index contributed by atoms with van der Waals surface area (Å²) < 4.78 is 0. The van der Waals surface area contributed by atoms with Crippen molar-refractivity contribution in [1.29, 1.82) is 0 Å². The molecular formula is C13H17N. The predicted molar refractivity (Wildman–Crippen MR) is 58.5 cm³/mol. The molecule has 1 saturated carbocycles. The van der Waals surface area contributed by atoms with E-state index in [1.807, 2.05) is 0 Å². The molecule has 1 aliphatic carbocycles. The third kappa shape index (κ3) is 1.46. The van der Waals surface area contributed by atoms with Gasteiger partial charge in [0.05, 0.1) is 0 Å². The quantitative estimate of drug-likeness (QED) is 0.653. The smallest absolute Gasteiger partial charge is 0.0233 e. The summed E-state index contributed by atoms with van der Waals surface area (Å²) in [4.78, 5) is 2.42. The average molecular weight is 187 g/mol. The van der Waals surface area contributed by atoms with Crippen LogP contribution in [0.25, 0.3) is 0 Å². The van der Waals surface area contributed by atoms with Crippen molar-refractivity contribution in [3.63, 3.8) is 0 Å². The Labute approximate surface area is 85.7 Å². The van der Waals surface area contributed by atoms with E-state index in [9.17, 15) is 0 Å². The zero-order valence-corrected chi connectivity index (χ0v) is 8.79. The maximum atomic E-state index is 2.45. The largest absolute Gasteiger partial charge is 0.302 e. The van der Waals surface area contributed by atoms with Gasteiger partial charge in [-0.05, 0) is 48.9 Å². The van der Waals surface area contributed by atoms with Crippen molar-refractivity contribution < 1.29 is 0 Å². The van der Waals surface area contributed by atoms with Gasteiger partial charge in [-0.25, -0.2) is 0 Å². The van der Waals surface area contributed by atoms with E-state index in [0.29, 0.717) is 0 Å². The molecule has 1 heteroatoms. The summed E-state index contributed by atoms with van der Waals surface area (Å²) >= 11 is 0. The van der Waals surface area contributed by atoms with Gasteiger partial charge in [0.15, 0.2) is 0 Å². The predicted octanol–water partition coefficient (Wildman–Crippen LogP) is 2.55. The van der Waals surface area contributed by atoms with Gasteiger partial charge < -0.3 is 4.90 Å². The van der Waals surface area contributed by atoms with Crippen molar-refractivity contribution >= 4 is 0 Å². The van der Waals surface area contributed by atoms with E-state index in [1.54, 1.807) is 16.7 Å². The van der Waals surface area contributed by atoms with Crippen LogP contribution in [0.4, 0.5) is 0 Å². The van der Waals surface area contributed by atoms with Gasteiger partial charge in [-0.2, -0.15) is 0 Å². The SMILES string of the molecule is CN1CCc2ccc(C3CC3)cc2C1. The monoisotopic (exact) mass is 187 g/mol. The molecule has 0 amide bonds. The maximum Gasteiger partial charge on any atom is 0.0233 e. The summed E-state index contributed by atoms with van der Waals surface area (Å²) in [5, 5.41) is 0. The minimum Gasteiger partial charge on any atom is -0.302 e. The number of nitrogens with zero attached hydrogens (tertiary/aromatic N) is 1. The minimum absolute atomic E-state index is 0.896. The number of fused-ring (bicyclic) bond motifs is 1. The van der Waals surface area contributed by atoms with Crippen molar-refractivity contribution in [2.45, 2.75) is 31.7 Å². The van der Waals surface area contributed by atoms with Crippen LogP contribution in [0.5, 0.6) is 0 Å². The minimum atomic E-state index is 0.896. The first-order valence-corrected chi connectivity index (χ1v) is 5.63. The highest BCUT2D eigenvalue weighted by Crippen LogP contribution is 2.40. The van der Waals surface area contributed by atoms with Crippen molar-refractivity contribution in [1.82, 2.24) is 4.90 Å². The molecule has 74 valence electrons. The van der Waals surface area contributed by atoms with E-state index >= 15 is 0 Å². The number of hydrogen-bond donors (Lipinski definition) is 0. The lowest BCUT2D eigenvalue weighted by molar-refractivity contribution is 0.313. The normalized spacial score (nSPS) is 22.1. The third-order valence-corrected chi connectivity index (χ3v) is 3.48. The van der Waals surface area contributed by atoms with Gasteiger partial charge in [-0.3, -0.25) is 0 Å². The van der Waals surface area contributed by atoms with Crippen LogP contribution in [-0.4, -0.2) is 18.5 Å². The Morgan fingerprint density at radius 3 is 2.86 bits per heavy atom. The molecule has 0 saturated heterocycles. The summed E-state index contributed by atoms with van der Waals surface area (Å²) in [5.74, 6) is 0.896. The van der Waals surface area contributed by atoms with E-state index in [2.05, 4.69) is 30.1 Å². The molecule has 1 aliphatic heterocycles. The van der Waals surface area contributed by atoms with Gasteiger partial charge in [0, 0.05) is 13.1 Å². The lowest BCUT2D eigenvalue weighted by Crippen LogP contribution is -2.26. The first kappa shape index (κ1) is 8.49. The number of hydrogen-bond acceptors (Lipinski definition) is 1. The second-order valence-corrected chi connectivity index (χ2v) is 4.79.